The summed E-state index contributed by atoms with van der Waals surface area (Å²) < 4.78 is 21.5. The number of carbonyl (C=O) groups is 2. The normalized spacial score (nSPS) is 19.8. The van der Waals surface area contributed by atoms with Gasteiger partial charge >= 0.3 is 11.9 Å². The molecular weight excluding hydrogens is 674 g/mol. The lowest BCUT2D eigenvalue weighted by Gasteiger charge is -2.19. The van der Waals surface area contributed by atoms with Crippen molar-refractivity contribution in [2.75, 3.05) is 26.9 Å². The van der Waals surface area contributed by atoms with Crippen LogP contribution in [0.3, 0.4) is 0 Å². The second-order valence-electron chi connectivity index (χ2n) is 11.6. The van der Waals surface area contributed by atoms with Gasteiger partial charge in [0, 0.05) is 29.9 Å². The summed E-state index contributed by atoms with van der Waals surface area (Å²) in [6.07, 6.45) is 10.6. The largest absolute Gasteiger partial charge is 0.493 e. The molecule has 0 bridgehead atoms. The molecule has 1 saturated carbocycles. The molecule has 0 saturated heterocycles. The second-order valence-corrected chi connectivity index (χ2v) is 12.0. The van der Waals surface area contributed by atoms with E-state index in [1.165, 1.54) is 19.3 Å². The van der Waals surface area contributed by atoms with Crippen molar-refractivity contribution in [1.29, 1.82) is 0 Å². The average Bonchev–Trinajstić information content (AvgIpc) is 3.36. The lowest BCUT2D eigenvalue weighted by molar-refractivity contribution is -0.492. The minimum absolute atomic E-state index is 0.0163. The number of allylic oxidation sites excluding steroid dienone is 2. The molecule has 1 fully saturated rings. The molecule has 0 aromatic heterocycles. The summed E-state index contributed by atoms with van der Waals surface area (Å²) >= 11 is 5.96. The van der Waals surface area contributed by atoms with Crippen molar-refractivity contribution < 1.29 is 59.1 Å². The maximum atomic E-state index is 12.5. The fraction of sp³-hybridized carbons (Fsp3) is 0.444. The summed E-state index contributed by atoms with van der Waals surface area (Å²) in [6, 6.07) is 11.7. The fourth-order valence-corrected chi connectivity index (χ4v) is 5.45. The summed E-state index contributed by atoms with van der Waals surface area (Å²) in [4.78, 5) is 28.9. The molecule has 14 heteroatoms. The van der Waals surface area contributed by atoms with Gasteiger partial charge in [-0.25, -0.2) is 4.79 Å². The molecule has 0 aliphatic heterocycles. The fourth-order valence-electron chi connectivity index (χ4n) is 5.27. The van der Waals surface area contributed by atoms with Crippen molar-refractivity contribution in [2.45, 2.75) is 63.3 Å². The number of esters is 2. The van der Waals surface area contributed by atoms with E-state index in [1.807, 2.05) is 12.2 Å². The third-order valence-corrected chi connectivity index (χ3v) is 8.06. The van der Waals surface area contributed by atoms with E-state index in [1.54, 1.807) is 54.6 Å². The van der Waals surface area contributed by atoms with E-state index in [0.717, 1.165) is 0 Å². The number of hydrogen-bond donors (Lipinski definition) is 5. The number of methoxy groups -OCH3 is 1. The van der Waals surface area contributed by atoms with Crippen LogP contribution in [0.5, 0.6) is 17.2 Å². The predicted molar refractivity (Wildman–Crippen MR) is 183 cm³/mol. The highest BCUT2D eigenvalue weighted by molar-refractivity contribution is 6.30. The Kier molecular flexibility index (Phi) is 18.0. The highest BCUT2D eigenvalue weighted by Crippen LogP contribution is 2.36. The number of carbonyl (C=O) groups excluding carboxylic acids is 2. The van der Waals surface area contributed by atoms with Crippen LogP contribution in [0.2, 0.25) is 5.02 Å². The molecule has 13 nitrogen and oxygen atoms in total. The third-order valence-electron chi connectivity index (χ3n) is 7.83. The quantitative estimate of drug-likeness (QED) is 0.0288. The van der Waals surface area contributed by atoms with Crippen LogP contribution in [0.25, 0.3) is 6.08 Å². The monoisotopic (exact) mass is 719 g/mol. The van der Waals surface area contributed by atoms with Crippen molar-refractivity contribution in [2.24, 2.45) is 11.8 Å². The Morgan fingerprint density at radius 1 is 1.02 bits per heavy atom. The Bertz CT molecular complexity index is 1430. The van der Waals surface area contributed by atoms with Gasteiger partial charge in [-0.3, -0.25) is 20.0 Å². The molecule has 50 heavy (non-hydrogen) atoms. The number of unbranched alkanes of at least 4 members (excludes halogenated alkanes) is 2. The van der Waals surface area contributed by atoms with Crippen LogP contribution >= 0.6 is 11.6 Å². The van der Waals surface area contributed by atoms with Gasteiger partial charge in [-0.1, -0.05) is 48.0 Å². The Balaban J connectivity index is 1.37. The van der Waals surface area contributed by atoms with Gasteiger partial charge in [0.1, 0.15) is 18.5 Å². The van der Waals surface area contributed by atoms with Gasteiger partial charge in [0.05, 0.1) is 37.9 Å². The van der Waals surface area contributed by atoms with Crippen molar-refractivity contribution in [1.82, 2.24) is 5.39 Å². The minimum atomic E-state index is -0.904. The molecule has 0 amide bonds. The first-order valence-corrected chi connectivity index (χ1v) is 16.7. The summed E-state index contributed by atoms with van der Waals surface area (Å²) in [7, 11) is 1.44. The number of halogens is 1. The van der Waals surface area contributed by atoms with Crippen LogP contribution in [0.1, 0.15) is 50.5 Å². The van der Waals surface area contributed by atoms with Crippen LogP contribution in [0.15, 0.2) is 72.8 Å². The molecule has 5 N–H and O–H groups in total. The maximum Gasteiger partial charge on any atom is 0.330 e. The highest BCUT2D eigenvalue weighted by atomic mass is 35.5. The Morgan fingerprint density at radius 2 is 1.82 bits per heavy atom. The number of aliphatic hydroxyl groups excluding tert-OH is 3. The van der Waals surface area contributed by atoms with Crippen LogP contribution in [0, 0.1) is 11.8 Å². The summed E-state index contributed by atoms with van der Waals surface area (Å²) in [5.41, 5.74) is 0.625. The lowest BCUT2D eigenvalue weighted by atomic mass is 9.89. The van der Waals surface area contributed by atoms with Gasteiger partial charge in [-0.15, -0.1) is 0 Å². The van der Waals surface area contributed by atoms with E-state index >= 15 is 0 Å². The SMILES string of the molecule is COc1cc(/C=C/C(=O)OCCCCON(O)O)ccc1OC(=O)CCC/C=C\C[C@@H]1[C@@H](/C=C/[C@@H](O)COc2cccc(Cl)c2)[C@H](O)C[C@@H]1O. The van der Waals surface area contributed by atoms with E-state index in [-0.39, 0.29) is 55.6 Å². The maximum absolute atomic E-state index is 12.5. The number of benzene rings is 2. The van der Waals surface area contributed by atoms with Crippen molar-refractivity contribution in [3.05, 3.63) is 83.4 Å². The van der Waals surface area contributed by atoms with Gasteiger partial charge < -0.3 is 34.3 Å². The molecule has 2 aromatic rings. The first kappa shape index (κ1) is 40.6. The number of nitrogens with zero attached hydrogens (tertiary/aromatic N) is 1. The molecule has 0 spiro atoms. The molecule has 3 rings (SSSR count). The van der Waals surface area contributed by atoms with Crippen molar-refractivity contribution in [3.63, 3.8) is 0 Å². The molecule has 0 heterocycles. The summed E-state index contributed by atoms with van der Waals surface area (Å²) in [5, 5.41) is 48.4. The summed E-state index contributed by atoms with van der Waals surface area (Å²) in [6.45, 7) is 0.214. The smallest absolute Gasteiger partial charge is 0.330 e. The zero-order valence-corrected chi connectivity index (χ0v) is 28.6. The molecule has 1 aliphatic carbocycles. The molecule has 274 valence electrons. The molecule has 0 unspecified atom stereocenters. The predicted octanol–water partition coefficient (Wildman–Crippen LogP) is 5.07. The van der Waals surface area contributed by atoms with Gasteiger partial charge in [0.15, 0.2) is 11.5 Å². The minimum Gasteiger partial charge on any atom is -0.493 e. The Morgan fingerprint density at radius 3 is 2.58 bits per heavy atom. The number of rotatable bonds is 21. The van der Waals surface area contributed by atoms with E-state index < -0.39 is 30.3 Å². The molecule has 5 atom stereocenters. The first-order chi connectivity index (χ1) is 24.0. The van der Waals surface area contributed by atoms with Gasteiger partial charge in [-0.05, 0) is 80.0 Å². The Hall–Kier alpha value is -3.79. The van der Waals surface area contributed by atoms with Gasteiger partial charge in [-0.2, -0.15) is 0 Å². The van der Waals surface area contributed by atoms with Crippen molar-refractivity contribution in [3.8, 4) is 17.2 Å². The Labute approximate surface area is 296 Å². The van der Waals surface area contributed by atoms with Crippen LogP contribution in [-0.4, -0.2) is 88.3 Å². The third kappa shape index (κ3) is 15.0. The van der Waals surface area contributed by atoms with E-state index in [9.17, 15) is 24.9 Å². The topological polar surface area (TPSA) is 185 Å². The van der Waals surface area contributed by atoms with Crippen LogP contribution < -0.4 is 14.2 Å². The van der Waals surface area contributed by atoms with E-state index in [2.05, 4.69) is 4.84 Å². The molecule has 1 aliphatic rings. The first-order valence-electron chi connectivity index (χ1n) is 16.4. The van der Waals surface area contributed by atoms with E-state index in [4.69, 9.17) is 41.0 Å². The zero-order valence-electron chi connectivity index (χ0n) is 27.9. The number of ether oxygens (including phenoxy) is 4. The lowest BCUT2D eigenvalue weighted by Crippen LogP contribution is -2.21. The van der Waals surface area contributed by atoms with E-state index in [0.29, 0.717) is 54.2 Å². The van der Waals surface area contributed by atoms with Crippen molar-refractivity contribution >= 4 is 29.6 Å². The standard InChI is InChI=1S/C36H46ClNO12/c1-46-34-21-25(14-18-35(42)47-19-6-7-20-49-38(44)45)13-17-33(34)50-36(43)12-5-3-2-4-11-29-30(32(41)23-31(29)40)16-15-27(39)24-48-28-10-8-9-26(37)22-28/h2,4,8-10,13-18,21-22,27,29-32,39-41,44-45H,3,5-7,11-12,19-20,23-24H2,1H3/b4-2-,16-15+,18-14+/t27-,29-,30-,31+,32-/m1/s1. The molecule has 2 aromatic carbocycles. The van der Waals surface area contributed by atoms with Crippen LogP contribution in [0.4, 0.5) is 0 Å². The molecule has 0 radical (unpaired) electrons. The summed E-state index contributed by atoms with van der Waals surface area (Å²) in [5.74, 6) is -0.444. The number of aliphatic hydroxyl groups is 3. The average molecular weight is 720 g/mol. The van der Waals surface area contributed by atoms with Gasteiger partial charge in [0.25, 0.3) is 0 Å². The molecular formula is C36H46ClNO12. The zero-order chi connectivity index (χ0) is 36.3. The highest BCUT2D eigenvalue weighted by Gasteiger charge is 2.39. The van der Waals surface area contributed by atoms with Crippen LogP contribution in [-0.2, 0) is 19.2 Å². The number of hydrogen-bond acceptors (Lipinski definition) is 13. The second kappa shape index (κ2) is 22.1. The van der Waals surface area contributed by atoms with Gasteiger partial charge in [0.2, 0.25) is 0 Å².